The van der Waals surface area contributed by atoms with Crippen molar-refractivity contribution in [2.45, 2.75) is 71.3 Å². The molecule has 0 aromatic carbocycles. The average Bonchev–Trinajstić information content (AvgIpc) is 3.01. The molecular weight excluding hydrogens is 170 g/mol. The Bertz CT molecular complexity index is 129. The summed E-state index contributed by atoms with van der Waals surface area (Å²) in [6.45, 7) is 5.89. The Labute approximate surface area is 89.7 Å². The van der Waals surface area contributed by atoms with Gasteiger partial charge in [0.25, 0.3) is 0 Å². The Balaban J connectivity index is 1.89. The maximum atomic E-state index is 3.59. The van der Waals surface area contributed by atoms with E-state index in [1.54, 1.807) is 0 Å². The van der Waals surface area contributed by atoms with Crippen LogP contribution in [0.25, 0.3) is 0 Å². The molecule has 1 atom stereocenters. The molecule has 0 amide bonds. The van der Waals surface area contributed by atoms with E-state index >= 15 is 0 Å². The van der Waals surface area contributed by atoms with Gasteiger partial charge in [0, 0.05) is 6.04 Å². The summed E-state index contributed by atoms with van der Waals surface area (Å²) in [6, 6.07) is 0.894. The van der Waals surface area contributed by atoms with Crippen molar-refractivity contribution in [2.75, 3.05) is 6.54 Å². The fourth-order valence-electron chi connectivity index (χ4n) is 2.03. The first kappa shape index (κ1) is 12.0. The standard InChI is InChI=1S/C13H27N/c1-3-5-7-12(4-2)8-6-11-14-13-9-10-13/h12-14H,3-11H2,1-2H3. The predicted molar refractivity (Wildman–Crippen MR) is 63.6 cm³/mol. The van der Waals surface area contributed by atoms with E-state index < -0.39 is 0 Å². The van der Waals surface area contributed by atoms with Crippen LogP contribution in [0.4, 0.5) is 0 Å². The highest BCUT2D eigenvalue weighted by atomic mass is 14.9. The third-order valence-electron chi connectivity index (χ3n) is 3.34. The number of rotatable bonds is 9. The summed E-state index contributed by atoms with van der Waals surface area (Å²) in [5, 5.41) is 3.59. The van der Waals surface area contributed by atoms with Gasteiger partial charge in [-0.25, -0.2) is 0 Å². The Hall–Kier alpha value is -0.0400. The lowest BCUT2D eigenvalue weighted by atomic mass is 9.94. The maximum absolute atomic E-state index is 3.59. The van der Waals surface area contributed by atoms with E-state index in [-0.39, 0.29) is 0 Å². The molecule has 1 N–H and O–H groups in total. The van der Waals surface area contributed by atoms with E-state index in [1.165, 1.54) is 57.9 Å². The van der Waals surface area contributed by atoms with Crippen molar-refractivity contribution in [2.24, 2.45) is 5.92 Å². The highest BCUT2D eigenvalue weighted by Gasteiger charge is 2.19. The molecule has 0 radical (unpaired) electrons. The number of nitrogens with one attached hydrogen (secondary N) is 1. The van der Waals surface area contributed by atoms with Crippen LogP contribution < -0.4 is 5.32 Å². The summed E-state index contributed by atoms with van der Waals surface area (Å²) in [7, 11) is 0. The second-order valence-corrected chi connectivity index (χ2v) is 4.79. The van der Waals surface area contributed by atoms with Gasteiger partial charge in [-0.15, -0.1) is 0 Å². The molecule has 0 aromatic heterocycles. The summed E-state index contributed by atoms with van der Waals surface area (Å²) in [6.07, 6.45) is 11.3. The molecule has 1 fully saturated rings. The molecule has 0 aromatic rings. The SMILES string of the molecule is CCCCC(CC)CCCNC1CC1. The van der Waals surface area contributed by atoms with Crippen LogP contribution in [0.5, 0.6) is 0 Å². The normalized spacial score (nSPS) is 18.4. The molecule has 0 saturated heterocycles. The topological polar surface area (TPSA) is 12.0 Å². The number of unbranched alkanes of at least 4 members (excludes halogenated alkanes) is 1. The zero-order chi connectivity index (χ0) is 10.2. The molecule has 1 nitrogen and oxygen atoms in total. The smallest absolute Gasteiger partial charge is 0.00682 e. The highest BCUT2D eigenvalue weighted by molar-refractivity contribution is 4.80. The lowest BCUT2D eigenvalue weighted by Gasteiger charge is -2.14. The predicted octanol–water partition coefficient (Wildman–Crippen LogP) is 3.74. The van der Waals surface area contributed by atoms with Gasteiger partial charge >= 0.3 is 0 Å². The van der Waals surface area contributed by atoms with Crippen molar-refractivity contribution in [1.82, 2.24) is 5.32 Å². The van der Waals surface area contributed by atoms with Crippen LogP contribution in [-0.2, 0) is 0 Å². The molecular formula is C13H27N. The van der Waals surface area contributed by atoms with Gasteiger partial charge in [0.1, 0.15) is 0 Å². The lowest BCUT2D eigenvalue weighted by molar-refractivity contribution is 0.404. The molecule has 0 bridgehead atoms. The van der Waals surface area contributed by atoms with Gasteiger partial charge in [-0.3, -0.25) is 0 Å². The minimum Gasteiger partial charge on any atom is -0.314 e. The number of hydrogen-bond acceptors (Lipinski definition) is 1. The molecule has 0 heterocycles. The Kier molecular flexibility index (Phi) is 6.25. The van der Waals surface area contributed by atoms with E-state index in [2.05, 4.69) is 19.2 Å². The van der Waals surface area contributed by atoms with Gasteiger partial charge in [-0.05, 0) is 38.1 Å². The Morgan fingerprint density at radius 3 is 2.43 bits per heavy atom. The van der Waals surface area contributed by atoms with Crippen LogP contribution >= 0.6 is 0 Å². The monoisotopic (exact) mass is 197 g/mol. The first-order chi connectivity index (χ1) is 6.86. The third kappa shape index (κ3) is 5.64. The van der Waals surface area contributed by atoms with Gasteiger partial charge in [0.2, 0.25) is 0 Å². The highest BCUT2D eigenvalue weighted by Crippen LogP contribution is 2.20. The minimum absolute atomic E-state index is 0.894. The third-order valence-corrected chi connectivity index (χ3v) is 3.34. The van der Waals surface area contributed by atoms with E-state index in [1.807, 2.05) is 0 Å². The van der Waals surface area contributed by atoms with Crippen molar-refractivity contribution in [3.8, 4) is 0 Å². The molecule has 1 rings (SSSR count). The second kappa shape index (κ2) is 7.28. The van der Waals surface area contributed by atoms with Gasteiger partial charge in [0.15, 0.2) is 0 Å². The summed E-state index contributed by atoms with van der Waals surface area (Å²) in [4.78, 5) is 0. The molecule has 1 aliphatic carbocycles. The van der Waals surface area contributed by atoms with E-state index in [9.17, 15) is 0 Å². The number of hydrogen-bond donors (Lipinski definition) is 1. The van der Waals surface area contributed by atoms with Gasteiger partial charge < -0.3 is 5.32 Å². The van der Waals surface area contributed by atoms with Crippen LogP contribution in [0.1, 0.15) is 65.2 Å². The molecule has 1 heteroatoms. The van der Waals surface area contributed by atoms with Gasteiger partial charge in [0.05, 0.1) is 0 Å². The minimum atomic E-state index is 0.894. The molecule has 0 aliphatic heterocycles. The van der Waals surface area contributed by atoms with Crippen LogP contribution in [-0.4, -0.2) is 12.6 Å². The van der Waals surface area contributed by atoms with Crippen LogP contribution in [0, 0.1) is 5.92 Å². The van der Waals surface area contributed by atoms with Gasteiger partial charge in [-0.2, -0.15) is 0 Å². The molecule has 1 saturated carbocycles. The first-order valence-corrected chi connectivity index (χ1v) is 6.60. The van der Waals surface area contributed by atoms with Crippen molar-refractivity contribution in [3.63, 3.8) is 0 Å². The van der Waals surface area contributed by atoms with Gasteiger partial charge in [-0.1, -0.05) is 39.5 Å². The summed E-state index contributed by atoms with van der Waals surface area (Å²) < 4.78 is 0. The van der Waals surface area contributed by atoms with E-state index in [0.29, 0.717) is 0 Å². The maximum Gasteiger partial charge on any atom is 0.00682 e. The lowest BCUT2D eigenvalue weighted by Crippen LogP contribution is -2.18. The average molecular weight is 197 g/mol. The molecule has 0 spiro atoms. The molecule has 14 heavy (non-hydrogen) atoms. The Morgan fingerprint density at radius 1 is 1.14 bits per heavy atom. The van der Waals surface area contributed by atoms with E-state index in [4.69, 9.17) is 0 Å². The molecule has 1 unspecified atom stereocenters. The summed E-state index contributed by atoms with van der Waals surface area (Å²) >= 11 is 0. The van der Waals surface area contributed by atoms with Crippen LogP contribution in [0.2, 0.25) is 0 Å². The fourth-order valence-corrected chi connectivity index (χ4v) is 2.03. The largest absolute Gasteiger partial charge is 0.314 e. The quantitative estimate of drug-likeness (QED) is 0.555. The van der Waals surface area contributed by atoms with Crippen molar-refractivity contribution < 1.29 is 0 Å². The van der Waals surface area contributed by atoms with Crippen LogP contribution in [0.15, 0.2) is 0 Å². The zero-order valence-electron chi connectivity index (χ0n) is 10.0. The Morgan fingerprint density at radius 2 is 1.86 bits per heavy atom. The van der Waals surface area contributed by atoms with Crippen molar-refractivity contribution >= 4 is 0 Å². The molecule has 84 valence electrons. The first-order valence-electron chi connectivity index (χ1n) is 6.60. The van der Waals surface area contributed by atoms with Crippen molar-refractivity contribution in [3.05, 3.63) is 0 Å². The van der Waals surface area contributed by atoms with E-state index in [0.717, 1.165) is 12.0 Å². The summed E-state index contributed by atoms with van der Waals surface area (Å²) in [5.74, 6) is 0.996. The molecule has 1 aliphatic rings. The van der Waals surface area contributed by atoms with Crippen molar-refractivity contribution in [1.29, 1.82) is 0 Å². The summed E-state index contributed by atoms with van der Waals surface area (Å²) in [5.41, 5.74) is 0. The van der Waals surface area contributed by atoms with Crippen LogP contribution in [0.3, 0.4) is 0 Å². The fraction of sp³-hybridized carbons (Fsp3) is 1.00. The zero-order valence-corrected chi connectivity index (χ0v) is 10.0. The second-order valence-electron chi connectivity index (χ2n) is 4.79.